The van der Waals surface area contributed by atoms with E-state index in [1.165, 1.54) is 28.1 Å². The van der Waals surface area contributed by atoms with Crippen LogP contribution in [0.1, 0.15) is 51.7 Å². The average molecular weight is 419 g/mol. The number of ketones is 1. The lowest BCUT2D eigenvalue weighted by molar-refractivity contribution is 0.0309. The van der Waals surface area contributed by atoms with Crippen molar-refractivity contribution >= 4 is 21.8 Å². The van der Waals surface area contributed by atoms with Crippen molar-refractivity contribution in [3.63, 3.8) is 0 Å². The minimum atomic E-state index is -3.63. The number of rotatable bonds is 6. The van der Waals surface area contributed by atoms with Gasteiger partial charge in [-0.2, -0.15) is 4.31 Å². The Morgan fingerprint density at radius 2 is 1.76 bits per heavy atom. The highest BCUT2D eigenvalue weighted by Gasteiger charge is 2.30. The van der Waals surface area contributed by atoms with Crippen LogP contribution in [-0.4, -0.2) is 48.2 Å². The molecule has 1 aromatic heterocycles. The molecule has 1 saturated heterocycles. The van der Waals surface area contributed by atoms with Gasteiger partial charge >= 0.3 is 5.97 Å². The number of benzene rings is 1. The zero-order valence-electron chi connectivity index (χ0n) is 17.1. The highest BCUT2D eigenvalue weighted by Crippen LogP contribution is 2.23. The molecule has 2 heterocycles. The van der Waals surface area contributed by atoms with Gasteiger partial charge in [0.25, 0.3) is 0 Å². The summed E-state index contributed by atoms with van der Waals surface area (Å²) in [6.45, 7) is 6.21. The van der Waals surface area contributed by atoms with E-state index in [-0.39, 0.29) is 16.4 Å². The van der Waals surface area contributed by atoms with Crippen LogP contribution in [0.5, 0.6) is 0 Å². The second-order valence-electron chi connectivity index (χ2n) is 7.51. The number of hydrogen-bond donors (Lipinski definition) is 0. The third-order valence-corrected chi connectivity index (χ3v) is 7.07. The number of nitrogens with zero attached hydrogens (tertiary/aromatic N) is 2. The molecule has 0 saturated carbocycles. The maximum atomic E-state index is 12.7. The zero-order chi connectivity index (χ0) is 21.3. The van der Waals surface area contributed by atoms with Crippen molar-refractivity contribution in [1.82, 2.24) is 8.87 Å². The first-order chi connectivity index (χ1) is 13.6. The molecule has 0 aliphatic carbocycles. The molecule has 2 aromatic rings. The molecule has 3 rings (SSSR count). The van der Waals surface area contributed by atoms with Crippen LogP contribution in [0.15, 0.2) is 35.4 Å². The van der Waals surface area contributed by atoms with Crippen LogP contribution in [0.2, 0.25) is 0 Å². The molecular weight excluding hydrogens is 392 g/mol. The lowest BCUT2D eigenvalue weighted by atomic mass is 9.99. The number of ether oxygens (including phenoxy) is 1. The number of carbonyl (C=O) groups excluding carboxylic acids is 2. The fourth-order valence-corrected chi connectivity index (χ4v) is 5.04. The molecule has 1 aliphatic rings. The molecule has 156 valence electrons. The monoisotopic (exact) mass is 418 g/mol. The Kier molecular flexibility index (Phi) is 5.95. The Labute approximate surface area is 171 Å². The van der Waals surface area contributed by atoms with Gasteiger partial charge in [0.1, 0.15) is 10.6 Å². The van der Waals surface area contributed by atoms with Gasteiger partial charge in [-0.15, -0.1) is 0 Å². The van der Waals surface area contributed by atoms with Gasteiger partial charge in [0.05, 0.1) is 0 Å². The molecule has 1 atom stereocenters. The van der Waals surface area contributed by atoms with Gasteiger partial charge in [0.15, 0.2) is 6.10 Å². The van der Waals surface area contributed by atoms with Crippen molar-refractivity contribution in [2.24, 2.45) is 7.05 Å². The summed E-state index contributed by atoms with van der Waals surface area (Å²) in [4.78, 5) is 25.4. The van der Waals surface area contributed by atoms with Crippen LogP contribution in [0.25, 0.3) is 0 Å². The van der Waals surface area contributed by atoms with Crippen LogP contribution in [0, 0.1) is 13.8 Å². The van der Waals surface area contributed by atoms with E-state index in [0.717, 1.165) is 24.0 Å². The van der Waals surface area contributed by atoms with Crippen LogP contribution in [-0.2, 0) is 21.8 Å². The fourth-order valence-electron chi connectivity index (χ4n) is 3.45. The first-order valence-corrected chi connectivity index (χ1v) is 11.0. The highest BCUT2D eigenvalue weighted by molar-refractivity contribution is 7.89. The molecule has 8 heteroatoms. The maximum Gasteiger partial charge on any atom is 0.355 e. The fraction of sp³-hybridized carbons (Fsp3) is 0.429. The Bertz CT molecular complexity index is 1050. The summed E-state index contributed by atoms with van der Waals surface area (Å²) in [5, 5.41) is 0. The van der Waals surface area contributed by atoms with Crippen LogP contribution >= 0.6 is 0 Å². The summed E-state index contributed by atoms with van der Waals surface area (Å²) in [6, 6.07) is 6.84. The number of aryl methyl sites for hydroxylation is 3. The van der Waals surface area contributed by atoms with E-state index in [1.807, 2.05) is 26.0 Å². The summed E-state index contributed by atoms with van der Waals surface area (Å²) in [6.07, 6.45) is 2.08. The van der Waals surface area contributed by atoms with E-state index < -0.39 is 22.1 Å². The molecule has 0 amide bonds. The summed E-state index contributed by atoms with van der Waals surface area (Å²) < 4.78 is 33.6. The Balaban J connectivity index is 1.78. The Morgan fingerprint density at radius 1 is 1.10 bits per heavy atom. The summed E-state index contributed by atoms with van der Waals surface area (Å²) in [7, 11) is -2.05. The largest absolute Gasteiger partial charge is 0.450 e. The molecule has 1 aliphatic heterocycles. The third-order valence-electron chi connectivity index (χ3n) is 5.20. The van der Waals surface area contributed by atoms with Gasteiger partial charge in [-0.25, -0.2) is 13.2 Å². The van der Waals surface area contributed by atoms with Crippen molar-refractivity contribution in [2.45, 2.75) is 44.6 Å². The van der Waals surface area contributed by atoms with Gasteiger partial charge in [-0.05, 0) is 51.3 Å². The van der Waals surface area contributed by atoms with Crippen molar-refractivity contribution in [3.05, 3.63) is 52.8 Å². The SMILES string of the molecule is Cc1ccc(C)c(C(=O)C(C)OC(=O)c2cc(S(=O)(=O)N3CCCC3)cn2C)c1. The minimum absolute atomic E-state index is 0.0577. The number of aromatic nitrogens is 1. The van der Waals surface area contributed by atoms with Crippen LogP contribution in [0.3, 0.4) is 0 Å². The topological polar surface area (TPSA) is 85.7 Å². The second kappa shape index (κ2) is 8.12. The minimum Gasteiger partial charge on any atom is -0.450 e. The standard InChI is InChI=1S/C21H26N2O5S/c1-14-7-8-15(2)18(11-14)20(24)16(3)28-21(25)19-12-17(13-22(19)4)29(26,27)23-9-5-6-10-23/h7-8,11-13,16H,5-6,9-10H2,1-4H3. The number of hydrogen-bond acceptors (Lipinski definition) is 5. The Hall–Kier alpha value is -2.45. The van der Waals surface area contributed by atoms with E-state index in [4.69, 9.17) is 4.74 Å². The van der Waals surface area contributed by atoms with Crippen molar-refractivity contribution in [2.75, 3.05) is 13.1 Å². The van der Waals surface area contributed by atoms with E-state index in [9.17, 15) is 18.0 Å². The van der Waals surface area contributed by atoms with Crippen molar-refractivity contribution in [1.29, 1.82) is 0 Å². The smallest absolute Gasteiger partial charge is 0.355 e. The van der Waals surface area contributed by atoms with E-state index in [0.29, 0.717) is 18.7 Å². The summed E-state index contributed by atoms with van der Waals surface area (Å²) in [5.41, 5.74) is 2.34. The molecule has 0 spiro atoms. The van der Waals surface area contributed by atoms with Gasteiger partial charge in [0.2, 0.25) is 15.8 Å². The molecule has 1 aromatic carbocycles. The quantitative estimate of drug-likeness (QED) is 0.532. The maximum absolute atomic E-state index is 12.7. The third kappa shape index (κ3) is 4.28. The van der Waals surface area contributed by atoms with Gasteiger partial charge in [0, 0.05) is 31.9 Å². The molecular formula is C21H26N2O5S. The molecule has 0 radical (unpaired) electrons. The van der Waals surface area contributed by atoms with Gasteiger partial charge in [-0.1, -0.05) is 17.7 Å². The zero-order valence-corrected chi connectivity index (χ0v) is 18.0. The van der Waals surface area contributed by atoms with E-state index >= 15 is 0 Å². The van der Waals surface area contributed by atoms with Crippen molar-refractivity contribution in [3.8, 4) is 0 Å². The Morgan fingerprint density at radius 3 is 2.41 bits per heavy atom. The van der Waals surface area contributed by atoms with Crippen LogP contribution < -0.4 is 0 Å². The predicted molar refractivity (Wildman–Crippen MR) is 109 cm³/mol. The predicted octanol–water partition coefficient (Wildman–Crippen LogP) is 2.85. The average Bonchev–Trinajstić information content (AvgIpc) is 3.33. The number of sulfonamides is 1. The van der Waals surface area contributed by atoms with Crippen LogP contribution in [0.4, 0.5) is 0 Å². The normalized spacial score (nSPS) is 16.0. The molecule has 1 unspecified atom stereocenters. The molecule has 1 fully saturated rings. The second-order valence-corrected chi connectivity index (χ2v) is 9.45. The van der Waals surface area contributed by atoms with Gasteiger partial charge in [-0.3, -0.25) is 4.79 Å². The number of Topliss-reactive ketones (excluding diaryl/α,β-unsaturated/α-hetero) is 1. The first-order valence-electron chi connectivity index (χ1n) is 9.60. The molecule has 0 N–H and O–H groups in total. The molecule has 0 bridgehead atoms. The lowest BCUT2D eigenvalue weighted by Crippen LogP contribution is -2.27. The van der Waals surface area contributed by atoms with E-state index in [2.05, 4.69) is 0 Å². The first kappa shape index (κ1) is 21.3. The highest BCUT2D eigenvalue weighted by atomic mass is 32.2. The number of carbonyl (C=O) groups is 2. The van der Waals surface area contributed by atoms with Gasteiger partial charge < -0.3 is 9.30 Å². The molecule has 29 heavy (non-hydrogen) atoms. The summed E-state index contributed by atoms with van der Waals surface area (Å²) >= 11 is 0. The molecule has 7 nitrogen and oxygen atoms in total. The van der Waals surface area contributed by atoms with E-state index in [1.54, 1.807) is 13.1 Å². The number of esters is 1. The summed E-state index contributed by atoms with van der Waals surface area (Å²) in [5.74, 6) is -1.03. The van der Waals surface area contributed by atoms with Crippen molar-refractivity contribution < 1.29 is 22.7 Å². The lowest BCUT2D eigenvalue weighted by Gasteiger charge is -2.14.